The van der Waals surface area contributed by atoms with E-state index in [-0.39, 0.29) is 11.8 Å². The van der Waals surface area contributed by atoms with E-state index in [9.17, 15) is 4.39 Å². The molecule has 0 spiro atoms. The summed E-state index contributed by atoms with van der Waals surface area (Å²) >= 11 is 0. The summed E-state index contributed by atoms with van der Waals surface area (Å²) in [7, 11) is 2.06. The standard InChI is InChI=1S/C11H21FN6/c1-8(2)18(3)6-4-5-14-10-9(12)7-15-11(16-10)17-13/h7-8H,4-6,13H2,1-3H3,(H2,14,15,16,17). The number of halogens is 1. The van der Waals surface area contributed by atoms with Crippen LogP contribution in [0, 0.1) is 5.82 Å². The van der Waals surface area contributed by atoms with Crippen molar-refractivity contribution in [2.45, 2.75) is 26.3 Å². The molecule has 0 amide bonds. The molecule has 0 aromatic carbocycles. The van der Waals surface area contributed by atoms with E-state index in [0.717, 1.165) is 19.2 Å². The summed E-state index contributed by atoms with van der Waals surface area (Å²) in [5.74, 6) is 5.05. The lowest BCUT2D eigenvalue weighted by Gasteiger charge is -2.20. The Balaban J connectivity index is 2.39. The van der Waals surface area contributed by atoms with Crippen molar-refractivity contribution in [3.8, 4) is 0 Å². The van der Waals surface area contributed by atoms with Gasteiger partial charge in [-0.2, -0.15) is 4.98 Å². The molecule has 102 valence electrons. The molecular formula is C11H21FN6. The molecule has 0 aliphatic rings. The molecule has 0 saturated carbocycles. The molecule has 0 aliphatic heterocycles. The Labute approximate surface area is 107 Å². The van der Waals surface area contributed by atoms with E-state index in [1.165, 1.54) is 0 Å². The normalized spacial score (nSPS) is 11.1. The van der Waals surface area contributed by atoms with Crippen molar-refractivity contribution in [2.24, 2.45) is 5.84 Å². The number of nitrogens with zero attached hydrogens (tertiary/aromatic N) is 3. The minimum Gasteiger partial charge on any atom is -0.367 e. The molecule has 1 aromatic heterocycles. The van der Waals surface area contributed by atoms with Crippen molar-refractivity contribution in [1.82, 2.24) is 14.9 Å². The number of hydrazine groups is 1. The zero-order chi connectivity index (χ0) is 13.5. The number of nitrogens with two attached hydrogens (primary N) is 1. The van der Waals surface area contributed by atoms with E-state index in [4.69, 9.17) is 5.84 Å². The van der Waals surface area contributed by atoms with Crippen molar-refractivity contribution in [3.63, 3.8) is 0 Å². The fourth-order valence-corrected chi connectivity index (χ4v) is 1.35. The van der Waals surface area contributed by atoms with Crippen LogP contribution >= 0.6 is 0 Å². The van der Waals surface area contributed by atoms with Gasteiger partial charge in [-0.15, -0.1) is 0 Å². The molecule has 1 aromatic rings. The van der Waals surface area contributed by atoms with Gasteiger partial charge in [0.1, 0.15) is 0 Å². The van der Waals surface area contributed by atoms with Crippen LogP contribution in [-0.4, -0.2) is 41.0 Å². The molecule has 4 N–H and O–H groups in total. The van der Waals surface area contributed by atoms with Gasteiger partial charge in [-0.1, -0.05) is 0 Å². The van der Waals surface area contributed by atoms with Crippen molar-refractivity contribution >= 4 is 11.8 Å². The number of rotatable bonds is 7. The van der Waals surface area contributed by atoms with Crippen molar-refractivity contribution < 1.29 is 4.39 Å². The van der Waals surface area contributed by atoms with Crippen LogP contribution in [0.1, 0.15) is 20.3 Å². The van der Waals surface area contributed by atoms with E-state index in [1.807, 2.05) is 0 Å². The maximum absolute atomic E-state index is 13.4. The summed E-state index contributed by atoms with van der Waals surface area (Å²) in [6.07, 6.45) is 1.99. The van der Waals surface area contributed by atoms with Crippen LogP contribution in [0.25, 0.3) is 0 Å². The molecule has 7 heteroatoms. The highest BCUT2D eigenvalue weighted by atomic mass is 19.1. The van der Waals surface area contributed by atoms with Crippen LogP contribution in [0.5, 0.6) is 0 Å². The highest BCUT2D eigenvalue weighted by Gasteiger charge is 2.06. The summed E-state index contributed by atoms with van der Waals surface area (Å²) in [5, 5.41) is 2.93. The van der Waals surface area contributed by atoms with Gasteiger partial charge in [0.25, 0.3) is 0 Å². The number of hydrogen-bond acceptors (Lipinski definition) is 6. The Morgan fingerprint density at radius 2 is 2.22 bits per heavy atom. The maximum Gasteiger partial charge on any atom is 0.239 e. The highest BCUT2D eigenvalue weighted by Crippen LogP contribution is 2.11. The molecule has 6 nitrogen and oxygen atoms in total. The lowest BCUT2D eigenvalue weighted by Crippen LogP contribution is -2.28. The average Bonchev–Trinajstić information content (AvgIpc) is 2.36. The zero-order valence-electron chi connectivity index (χ0n) is 11.1. The first-order valence-corrected chi connectivity index (χ1v) is 5.98. The quantitative estimate of drug-likeness (QED) is 0.384. The third-order valence-electron chi connectivity index (χ3n) is 2.73. The molecule has 0 bridgehead atoms. The van der Waals surface area contributed by atoms with Crippen LogP contribution in [-0.2, 0) is 0 Å². The van der Waals surface area contributed by atoms with Crippen LogP contribution in [0.15, 0.2) is 6.20 Å². The van der Waals surface area contributed by atoms with E-state index in [2.05, 4.69) is 46.5 Å². The van der Waals surface area contributed by atoms with Gasteiger partial charge in [-0.3, -0.25) is 5.43 Å². The fraction of sp³-hybridized carbons (Fsp3) is 0.636. The predicted octanol–water partition coefficient (Wildman–Crippen LogP) is 1.04. The van der Waals surface area contributed by atoms with E-state index in [1.54, 1.807) is 0 Å². The predicted molar refractivity (Wildman–Crippen MR) is 70.7 cm³/mol. The molecule has 0 fully saturated rings. The van der Waals surface area contributed by atoms with E-state index >= 15 is 0 Å². The van der Waals surface area contributed by atoms with Crippen LogP contribution in [0.3, 0.4) is 0 Å². The molecule has 18 heavy (non-hydrogen) atoms. The van der Waals surface area contributed by atoms with Gasteiger partial charge in [-0.05, 0) is 33.9 Å². The topological polar surface area (TPSA) is 79.1 Å². The molecule has 0 unspecified atom stereocenters. The minimum absolute atomic E-state index is 0.171. The third-order valence-corrected chi connectivity index (χ3v) is 2.73. The number of nitrogens with one attached hydrogen (secondary N) is 2. The Bertz CT molecular complexity index is 371. The fourth-order valence-electron chi connectivity index (χ4n) is 1.35. The first-order chi connectivity index (χ1) is 8.54. The van der Waals surface area contributed by atoms with Crippen LogP contribution in [0.2, 0.25) is 0 Å². The summed E-state index contributed by atoms with van der Waals surface area (Å²) in [6.45, 7) is 5.86. The van der Waals surface area contributed by atoms with Crippen molar-refractivity contribution in [1.29, 1.82) is 0 Å². The number of anilines is 2. The Hall–Kier alpha value is -1.47. The smallest absolute Gasteiger partial charge is 0.239 e. The largest absolute Gasteiger partial charge is 0.367 e. The van der Waals surface area contributed by atoms with Gasteiger partial charge < -0.3 is 10.2 Å². The first-order valence-electron chi connectivity index (χ1n) is 5.98. The third kappa shape index (κ3) is 4.42. The number of nitrogen functional groups attached to an aromatic ring is 1. The van der Waals surface area contributed by atoms with Gasteiger partial charge in [0.2, 0.25) is 5.95 Å². The van der Waals surface area contributed by atoms with E-state index < -0.39 is 5.82 Å². The summed E-state index contributed by atoms with van der Waals surface area (Å²) in [4.78, 5) is 9.79. The van der Waals surface area contributed by atoms with Crippen LogP contribution in [0.4, 0.5) is 16.2 Å². The van der Waals surface area contributed by atoms with Crippen molar-refractivity contribution in [3.05, 3.63) is 12.0 Å². The molecule has 0 atom stereocenters. The Morgan fingerprint density at radius 1 is 1.50 bits per heavy atom. The van der Waals surface area contributed by atoms with E-state index in [0.29, 0.717) is 12.6 Å². The Kier molecular flexibility index (Phi) is 5.73. The summed E-state index contributed by atoms with van der Waals surface area (Å²) < 4.78 is 13.4. The summed E-state index contributed by atoms with van der Waals surface area (Å²) in [5.41, 5.74) is 2.28. The molecular weight excluding hydrogens is 235 g/mol. The number of aromatic nitrogens is 2. The second-order valence-electron chi connectivity index (χ2n) is 4.39. The second kappa shape index (κ2) is 7.07. The SMILES string of the molecule is CC(C)N(C)CCCNc1nc(NN)ncc1F. The van der Waals surface area contributed by atoms with Gasteiger partial charge >= 0.3 is 0 Å². The molecule has 1 rings (SSSR count). The molecule has 0 aliphatic carbocycles. The van der Waals surface area contributed by atoms with Gasteiger partial charge in [0.05, 0.1) is 6.20 Å². The first kappa shape index (κ1) is 14.6. The van der Waals surface area contributed by atoms with Gasteiger partial charge in [0, 0.05) is 12.6 Å². The lowest BCUT2D eigenvalue weighted by atomic mass is 10.3. The zero-order valence-corrected chi connectivity index (χ0v) is 11.1. The Morgan fingerprint density at radius 3 is 2.83 bits per heavy atom. The monoisotopic (exact) mass is 256 g/mol. The highest BCUT2D eigenvalue weighted by molar-refractivity contribution is 5.40. The van der Waals surface area contributed by atoms with Crippen LogP contribution < -0.4 is 16.6 Å². The van der Waals surface area contributed by atoms with Gasteiger partial charge in [-0.25, -0.2) is 15.2 Å². The number of hydrogen-bond donors (Lipinski definition) is 3. The minimum atomic E-state index is -0.480. The average molecular weight is 256 g/mol. The summed E-state index contributed by atoms with van der Waals surface area (Å²) in [6, 6.07) is 0.508. The molecule has 0 radical (unpaired) electrons. The lowest BCUT2D eigenvalue weighted by molar-refractivity contribution is 0.273. The van der Waals surface area contributed by atoms with Gasteiger partial charge in [0.15, 0.2) is 11.6 Å². The molecule has 0 saturated heterocycles. The van der Waals surface area contributed by atoms with Crippen molar-refractivity contribution in [2.75, 3.05) is 30.9 Å². The molecule has 1 heterocycles. The maximum atomic E-state index is 13.4. The second-order valence-corrected chi connectivity index (χ2v) is 4.39.